The van der Waals surface area contributed by atoms with Gasteiger partial charge in [-0.1, -0.05) is 28.1 Å². The Morgan fingerprint density at radius 3 is 2.29 bits per heavy atom. The fourth-order valence-electron chi connectivity index (χ4n) is 3.00. The minimum absolute atomic E-state index is 0. The third-order valence-electron chi connectivity index (χ3n) is 4.45. The summed E-state index contributed by atoms with van der Waals surface area (Å²) in [6, 6.07) is 14.9. The van der Waals surface area contributed by atoms with Gasteiger partial charge in [-0.25, -0.2) is 13.4 Å². The predicted octanol–water partition coefficient (Wildman–Crippen LogP) is 2.10. The SMILES string of the molecule is O=S(=O)(c1ccc(-c2csc(Nc3ccc(Br)cc3)n2)cc1)N1CCCC1.[Br-]. The summed E-state index contributed by atoms with van der Waals surface area (Å²) in [5.41, 5.74) is 2.69. The molecule has 28 heavy (non-hydrogen) atoms. The zero-order chi connectivity index (χ0) is 18.9. The number of aromatic nitrogens is 1. The first kappa shape index (κ1) is 21.4. The Morgan fingerprint density at radius 1 is 1.00 bits per heavy atom. The van der Waals surface area contributed by atoms with Crippen LogP contribution in [0.4, 0.5) is 10.8 Å². The number of hydrogen-bond donors (Lipinski definition) is 1. The summed E-state index contributed by atoms with van der Waals surface area (Å²) in [4.78, 5) is 4.95. The number of nitrogens with zero attached hydrogens (tertiary/aromatic N) is 2. The minimum Gasteiger partial charge on any atom is -1.00 e. The Labute approximate surface area is 187 Å². The summed E-state index contributed by atoms with van der Waals surface area (Å²) in [6.07, 6.45) is 1.87. The van der Waals surface area contributed by atoms with Gasteiger partial charge < -0.3 is 22.3 Å². The summed E-state index contributed by atoms with van der Waals surface area (Å²) in [5, 5.41) is 6.03. The van der Waals surface area contributed by atoms with E-state index in [-0.39, 0.29) is 17.0 Å². The van der Waals surface area contributed by atoms with Crippen LogP contribution in [-0.4, -0.2) is 30.8 Å². The van der Waals surface area contributed by atoms with Crippen LogP contribution >= 0.6 is 27.3 Å². The molecule has 1 aliphatic heterocycles. The number of rotatable bonds is 5. The average Bonchev–Trinajstić information content (AvgIpc) is 3.36. The fourth-order valence-corrected chi connectivity index (χ4v) is 5.52. The summed E-state index contributed by atoms with van der Waals surface area (Å²) < 4.78 is 27.8. The molecule has 0 aliphatic carbocycles. The molecular formula is C19H18Br2N3O2S2-. The number of anilines is 2. The molecule has 1 N–H and O–H groups in total. The predicted molar refractivity (Wildman–Crippen MR) is 113 cm³/mol. The standard InChI is InChI=1S/C19H18BrN3O2S2.BrH/c20-15-5-7-16(8-6-15)21-19-22-18(13-26-19)14-3-9-17(10-4-14)27(24,25)23-11-1-2-12-23;/h3-10,13H,1-2,11-12H2,(H,21,22);1H/p-1. The Kier molecular flexibility index (Phi) is 6.93. The molecule has 9 heteroatoms. The maximum atomic E-state index is 12.6. The van der Waals surface area contributed by atoms with Gasteiger partial charge in [-0.15, -0.1) is 11.3 Å². The largest absolute Gasteiger partial charge is 1.00 e. The van der Waals surface area contributed by atoms with Crippen LogP contribution in [0.1, 0.15) is 12.8 Å². The molecular weight excluding hydrogens is 526 g/mol. The van der Waals surface area contributed by atoms with Crippen molar-refractivity contribution in [3.63, 3.8) is 0 Å². The van der Waals surface area contributed by atoms with Gasteiger partial charge in [0.25, 0.3) is 0 Å². The highest BCUT2D eigenvalue weighted by Gasteiger charge is 2.26. The van der Waals surface area contributed by atoms with Crippen molar-refractivity contribution in [1.29, 1.82) is 0 Å². The lowest BCUT2D eigenvalue weighted by Crippen LogP contribution is -3.00. The van der Waals surface area contributed by atoms with Crippen molar-refractivity contribution in [2.24, 2.45) is 0 Å². The van der Waals surface area contributed by atoms with Gasteiger partial charge in [-0.2, -0.15) is 4.31 Å². The smallest absolute Gasteiger partial charge is 0.243 e. The van der Waals surface area contributed by atoms with Crippen LogP contribution in [-0.2, 0) is 10.0 Å². The van der Waals surface area contributed by atoms with Crippen LogP contribution in [0.2, 0.25) is 0 Å². The first-order valence-corrected chi connectivity index (χ1v) is 11.7. The number of halogens is 2. The molecule has 148 valence electrons. The zero-order valence-corrected chi connectivity index (χ0v) is 19.6. The number of nitrogens with one attached hydrogen (secondary N) is 1. The van der Waals surface area contributed by atoms with E-state index in [4.69, 9.17) is 0 Å². The van der Waals surface area contributed by atoms with Gasteiger partial charge in [0, 0.05) is 34.2 Å². The van der Waals surface area contributed by atoms with Gasteiger partial charge in [0.2, 0.25) is 10.0 Å². The first-order chi connectivity index (χ1) is 13.0. The second-order valence-corrected chi connectivity index (χ2v) is 10.0. The molecule has 4 rings (SSSR count). The van der Waals surface area contributed by atoms with Crippen molar-refractivity contribution in [2.75, 3.05) is 18.4 Å². The summed E-state index contributed by atoms with van der Waals surface area (Å²) >= 11 is 4.93. The van der Waals surface area contributed by atoms with E-state index in [0.717, 1.165) is 39.4 Å². The summed E-state index contributed by atoms with van der Waals surface area (Å²) in [7, 11) is -3.38. The quantitative estimate of drug-likeness (QED) is 0.535. The molecule has 0 radical (unpaired) electrons. The highest BCUT2D eigenvalue weighted by molar-refractivity contribution is 9.10. The lowest BCUT2D eigenvalue weighted by atomic mass is 10.2. The highest BCUT2D eigenvalue weighted by Crippen LogP contribution is 2.29. The molecule has 0 unspecified atom stereocenters. The van der Waals surface area contributed by atoms with Gasteiger partial charge >= 0.3 is 0 Å². The maximum Gasteiger partial charge on any atom is 0.243 e. The molecule has 0 amide bonds. The van der Waals surface area contributed by atoms with Gasteiger partial charge in [-0.05, 0) is 49.2 Å². The van der Waals surface area contributed by atoms with E-state index in [9.17, 15) is 8.42 Å². The van der Waals surface area contributed by atoms with Crippen LogP contribution in [0.3, 0.4) is 0 Å². The van der Waals surface area contributed by atoms with E-state index in [1.165, 1.54) is 11.3 Å². The van der Waals surface area contributed by atoms with Crippen LogP contribution in [0.5, 0.6) is 0 Å². The monoisotopic (exact) mass is 542 g/mol. The van der Waals surface area contributed by atoms with Crippen LogP contribution in [0, 0.1) is 0 Å². The molecule has 1 saturated heterocycles. The maximum absolute atomic E-state index is 12.6. The van der Waals surface area contributed by atoms with Crippen molar-refractivity contribution < 1.29 is 25.4 Å². The second-order valence-electron chi connectivity index (χ2n) is 6.31. The van der Waals surface area contributed by atoms with E-state index in [2.05, 4.69) is 26.2 Å². The van der Waals surface area contributed by atoms with Crippen LogP contribution in [0.25, 0.3) is 11.3 Å². The number of benzene rings is 2. The molecule has 0 spiro atoms. The molecule has 1 fully saturated rings. The molecule has 0 bridgehead atoms. The molecule has 2 aromatic carbocycles. The normalized spacial score (nSPS) is 14.6. The van der Waals surface area contributed by atoms with Gasteiger partial charge in [0.1, 0.15) is 0 Å². The third-order valence-corrected chi connectivity index (χ3v) is 7.65. The summed E-state index contributed by atoms with van der Waals surface area (Å²) in [6.45, 7) is 1.22. The third kappa shape index (κ3) is 4.65. The molecule has 5 nitrogen and oxygen atoms in total. The number of sulfonamides is 1. The molecule has 1 aromatic heterocycles. The Morgan fingerprint density at radius 2 is 1.64 bits per heavy atom. The lowest BCUT2D eigenvalue weighted by molar-refractivity contribution is -0.00000777. The van der Waals surface area contributed by atoms with Crippen molar-refractivity contribution >= 4 is 48.1 Å². The Hall–Kier alpha value is -1.26. The van der Waals surface area contributed by atoms with Gasteiger partial charge in [0.05, 0.1) is 10.6 Å². The Bertz CT molecular complexity index is 1030. The molecule has 2 heterocycles. The van der Waals surface area contributed by atoms with Gasteiger partial charge in [-0.3, -0.25) is 0 Å². The Balaban J connectivity index is 0.00000225. The molecule has 3 aromatic rings. The van der Waals surface area contributed by atoms with E-state index < -0.39 is 10.0 Å². The summed E-state index contributed by atoms with van der Waals surface area (Å²) in [5.74, 6) is 0. The van der Waals surface area contributed by atoms with E-state index in [0.29, 0.717) is 18.0 Å². The van der Waals surface area contributed by atoms with Crippen LogP contribution < -0.4 is 22.3 Å². The fraction of sp³-hybridized carbons (Fsp3) is 0.211. The number of thiazole rings is 1. The minimum atomic E-state index is -3.38. The van der Waals surface area contributed by atoms with E-state index in [1.54, 1.807) is 16.4 Å². The van der Waals surface area contributed by atoms with Crippen LogP contribution in [0.15, 0.2) is 63.3 Å². The lowest BCUT2D eigenvalue weighted by Gasteiger charge is -2.15. The molecule has 0 saturated carbocycles. The molecule has 1 aliphatic rings. The first-order valence-electron chi connectivity index (χ1n) is 8.61. The topological polar surface area (TPSA) is 62.3 Å². The average molecular weight is 544 g/mol. The number of hydrogen-bond acceptors (Lipinski definition) is 5. The van der Waals surface area contributed by atoms with Crippen molar-refractivity contribution in [3.05, 3.63) is 58.4 Å². The van der Waals surface area contributed by atoms with Gasteiger partial charge in [0.15, 0.2) is 5.13 Å². The molecule has 0 atom stereocenters. The van der Waals surface area contributed by atoms with E-state index in [1.807, 2.05) is 41.8 Å². The van der Waals surface area contributed by atoms with Crippen molar-refractivity contribution in [2.45, 2.75) is 17.7 Å². The zero-order valence-electron chi connectivity index (χ0n) is 14.8. The highest BCUT2D eigenvalue weighted by atomic mass is 79.9. The second kappa shape index (κ2) is 9.04. The van der Waals surface area contributed by atoms with E-state index >= 15 is 0 Å². The van der Waals surface area contributed by atoms with Crippen molar-refractivity contribution in [3.8, 4) is 11.3 Å². The van der Waals surface area contributed by atoms with Crippen molar-refractivity contribution in [1.82, 2.24) is 9.29 Å².